The molecule has 5 nitrogen and oxygen atoms in total. The monoisotopic (exact) mass is 358 g/mol. The first-order valence-electron chi connectivity index (χ1n) is 9.83. The van der Waals surface area contributed by atoms with Crippen molar-refractivity contribution in [3.8, 4) is 5.75 Å². The number of hydrogen-bond acceptors (Lipinski definition) is 4. The molecule has 1 N–H and O–H groups in total. The Morgan fingerprint density at radius 1 is 1.31 bits per heavy atom. The number of morpholine rings is 1. The zero-order valence-electron chi connectivity index (χ0n) is 16.0. The van der Waals surface area contributed by atoms with Gasteiger partial charge >= 0.3 is 0 Å². The highest BCUT2D eigenvalue weighted by atomic mass is 16.5. The molecule has 1 amide bonds. The quantitative estimate of drug-likeness (QED) is 0.879. The molecule has 3 fully saturated rings. The second-order valence-electron chi connectivity index (χ2n) is 8.65. The molecule has 1 saturated carbocycles. The molecule has 1 aromatic rings. The van der Waals surface area contributed by atoms with Gasteiger partial charge in [0.25, 0.3) is 5.91 Å². The molecule has 4 rings (SSSR count). The van der Waals surface area contributed by atoms with E-state index in [2.05, 4.69) is 10.2 Å². The molecule has 0 bridgehead atoms. The largest absolute Gasteiger partial charge is 0.478 e. The highest BCUT2D eigenvalue weighted by Crippen LogP contribution is 2.38. The third-order valence-electron chi connectivity index (χ3n) is 5.84. The Balaban J connectivity index is 1.32. The zero-order chi connectivity index (χ0) is 18.3. The Morgan fingerprint density at radius 3 is 2.85 bits per heavy atom. The van der Waals surface area contributed by atoms with E-state index in [-0.39, 0.29) is 11.9 Å². The third-order valence-corrected chi connectivity index (χ3v) is 5.84. The fourth-order valence-electron chi connectivity index (χ4n) is 4.14. The molecule has 1 aliphatic carbocycles. The maximum Gasteiger partial charge on any atom is 0.263 e. The van der Waals surface area contributed by atoms with Crippen molar-refractivity contribution >= 4 is 5.91 Å². The van der Waals surface area contributed by atoms with Crippen LogP contribution in [0, 0.1) is 12.8 Å². The summed E-state index contributed by atoms with van der Waals surface area (Å²) in [6, 6.07) is 8.44. The van der Waals surface area contributed by atoms with Gasteiger partial charge in [0, 0.05) is 25.2 Å². The van der Waals surface area contributed by atoms with Crippen LogP contribution in [0.4, 0.5) is 0 Å². The summed E-state index contributed by atoms with van der Waals surface area (Å²) in [5.41, 5.74) is 0.223. The van der Waals surface area contributed by atoms with Gasteiger partial charge in [-0.2, -0.15) is 0 Å². The van der Waals surface area contributed by atoms with Gasteiger partial charge in [-0.3, -0.25) is 9.69 Å². The Kier molecular flexibility index (Phi) is 4.70. The molecular weight excluding hydrogens is 328 g/mol. The molecule has 2 saturated heterocycles. The van der Waals surface area contributed by atoms with Gasteiger partial charge in [0.15, 0.2) is 5.60 Å². The lowest BCUT2D eigenvalue weighted by Crippen LogP contribution is -2.51. The average Bonchev–Trinajstić information content (AvgIpc) is 3.34. The van der Waals surface area contributed by atoms with Gasteiger partial charge in [-0.05, 0) is 63.6 Å². The number of hydrogen-bond donors (Lipinski definition) is 1. The molecule has 26 heavy (non-hydrogen) atoms. The van der Waals surface area contributed by atoms with Gasteiger partial charge in [-0.1, -0.05) is 12.1 Å². The SMILES string of the molecule is Cc1cccc(OC(C)(C)C(=O)N[C@H]2C[C@H]3CO[C@@H](C4CC4)CN3C2)c1. The Bertz CT molecular complexity index is 671. The number of carbonyl (C=O) groups is 1. The van der Waals surface area contributed by atoms with Crippen LogP contribution in [0.3, 0.4) is 0 Å². The molecule has 2 heterocycles. The fraction of sp³-hybridized carbons (Fsp3) is 0.667. The lowest BCUT2D eigenvalue weighted by Gasteiger charge is -2.35. The van der Waals surface area contributed by atoms with E-state index in [9.17, 15) is 4.79 Å². The molecule has 0 spiro atoms. The Morgan fingerprint density at radius 2 is 2.12 bits per heavy atom. The summed E-state index contributed by atoms with van der Waals surface area (Å²) in [4.78, 5) is 15.3. The lowest BCUT2D eigenvalue weighted by atomic mass is 10.1. The molecule has 2 aliphatic heterocycles. The molecule has 0 aromatic heterocycles. The number of carbonyl (C=O) groups excluding carboxylic acids is 1. The Hall–Kier alpha value is -1.59. The van der Waals surface area contributed by atoms with Crippen LogP contribution in [0.15, 0.2) is 24.3 Å². The van der Waals surface area contributed by atoms with Gasteiger partial charge in [0.2, 0.25) is 0 Å². The Labute approximate surface area is 156 Å². The summed E-state index contributed by atoms with van der Waals surface area (Å²) in [5, 5.41) is 3.21. The minimum Gasteiger partial charge on any atom is -0.478 e. The lowest BCUT2D eigenvalue weighted by molar-refractivity contribution is -0.134. The molecular formula is C21H30N2O3. The third kappa shape index (κ3) is 3.89. The predicted molar refractivity (Wildman–Crippen MR) is 100 cm³/mol. The summed E-state index contributed by atoms with van der Waals surface area (Å²) in [7, 11) is 0. The van der Waals surface area contributed by atoms with Crippen molar-refractivity contribution in [3.63, 3.8) is 0 Å². The zero-order valence-corrected chi connectivity index (χ0v) is 16.0. The van der Waals surface area contributed by atoms with Crippen molar-refractivity contribution in [2.45, 2.75) is 63.8 Å². The summed E-state index contributed by atoms with van der Waals surface area (Å²) in [6.45, 7) is 8.43. The highest BCUT2D eigenvalue weighted by Gasteiger charge is 2.43. The van der Waals surface area contributed by atoms with Crippen LogP contribution < -0.4 is 10.1 Å². The van der Waals surface area contributed by atoms with Crippen molar-refractivity contribution < 1.29 is 14.3 Å². The molecule has 5 heteroatoms. The molecule has 142 valence electrons. The predicted octanol–water partition coefficient (Wildman–Crippen LogP) is 2.52. The first-order chi connectivity index (χ1) is 12.4. The maximum absolute atomic E-state index is 12.8. The average molecular weight is 358 g/mol. The minimum absolute atomic E-state index is 0.0523. The normalized spacial score (nSPS) is 29.3. The number of aryl methyl sites for hydroxylation is 1. The van der Waals surface area contributed by atoms with Crippen molar-refractivity contribution in [3.05, 3.63) is 29.8 Å². The van der Waals surface area contributed by atoms with Crippen molar-refractivity contribution in [1.29, 1.82) is 0 Å². The van der Waals surface area contributed by atoms with E-state index in [0.717, 1.165) is 43.3 Å². The maximum atomic E-state index is 12.8. The molecule has 0 radical (unpaired) electrons. The molecule has 0 unspecified atom stereocenters. The second kappa shape index (κ2) is 6.86. The van der Waals surface area contributed by atoms with Gasteiger partial charge in [0.05, 0.1) is 12.7 Å². The van der Waals surface area contributed by atoms with Crippen molar-refractivity contribution in [2.24, 2.45) is 5.92 Å². The topological polar surface area (TPSA) is 50.8 Å². The van der Waals surface area contributed by atoms with Crippen LogP contribution in [-0.4, -0.2) is 54.3 Å². The summed E-state index contributed by atoms with van der Waals surface area (Å²) < 4.78 is 12.0. The van der Waals surface area contributed by atoms with Crippen LogP contribution in [0.5, 0.6) is 5.75 Å². The van der Waals surface area contributed by atoms with E-state index in [4.69, 9.17) is 9.47 Å². The van der Waals surface area contributed by atoms with Crippen LogP contribution >= 0.6 is 0 Å². The summed E-state index contributed by atoms with van der Waals surface area (Å²) in [5.74, 6) is 1.45. The fourth-order valence-corrected chi connectivity index (χ4v) is 4.14. The number of rotatable bonds is 5. The summed E-state index contributed by atoms with van der Waals surface area (Å²) in [6.07, 6.45) is 3.99. The van der Waals surface area contributed by atoms with E-state index in [0.29, 0.717) is 12.1 Å². The van der Waals surface area contributed by atoms with Gasteiger partial charge in [0.1, 0.15) is 5.75 Å². The molecule has 1 aromatic carbocycles. The number of nitrogens with one attached hydrogen (secondary N) is 1. The first-order valence-corrected chi connectivity index (χ1v) is 9.83. The molecule has 3 atom stereocenters. The van der Waals surface area contributed by atoms with Crippen LogP contribution in [0.2, 0.25) is 0 Å². The van der Waals surface area contributed by atoms with E-state index in [1.165, 1.54) is 12.8 Å². The number of ether oxygens (including phenoxy) is 2. The van der Waals surface area contributed by atoms with Crippen LogP contribution in [-0.2, 0) is 9.53 Å². The standard InChI is InChI=1S/C21H30N2O3/c1-14-5-4-6-18(9-14)26-21(2,3)20(24)22-16-10-17-13-25-19(15-7-8-15)12-23(17)11-16/h4-6,9,15-17,19H,7-8,10-13H2,1-3H3,(H,22,24)/t16-,17-,19+/m0/s1. The summed E-state index contributed by atoms with van der Waals surface area (Å²) >= 11 is 0. The smallest absolute Gasteiger partial charge is 0.263 e. The number of benzene rings is 1. The minimum atomic E-state index is -0.899. The number of fused-ring (bicyclic) bond motifs is 1. The van der Waals surface area contributed by atoms with Gasteiger partial charge in [-0.15, -0.1) is 0 Å². The second-order valence-corrected chi connectivity index (χ2v) is 8.65. The highest BCUT2D eigenvalue weighted by molar-refractivity contribution is 5.85. The molecule has 3 aliphatic rings. The van der Waals surface area contributed by atoms with E-state index < -0.39 is 5.60 Å². The van der Waals surface area contributed by atoms with Crippen molar-refractivity contribution in [1.82, 2.24) is 10.2 Å². The first kappa shape index (κ1) is 17.8. The van der Waals surface area contributed by atoms with E-state index in [1.807, 2.05) is 45.0 Å². The van der Waals surface area contributed by atoms with Crippen LogP contribution in [0.1, 0.15) is 38.7 Å². The van der Waals surface area contributed by atoms with Gasteiger partial charge in [-0.25, -0.2) is 0 Å². The number of nitrogens with zero attached hydrogens (tertiary/aromatic N) is 1. The van der Waals surface area contributed by atoms with Crippen molar-refractivity contribution in [2.75, 3.05) is 19.7 Å². The van der Waals surface area contributed by atoms with Gasteiger partial charge < -0.3 is 14.8 Å². The number of amides is 1. The van der Waals surface area contributed by atoms with E-state index >= 15 is 0 Å². The van der Waals surface area contributed by atoms with E-state index in [1.54, 1.807) is 0 Å². The van der Waals surface area contributed by atoms with Crippen LogP contribution in [0.25, 0.3) is 0 Å².